The molecule has 5 nitrogen and oxygen atoms in total. The van der Waals surface area contributed by atoms with Gasteiger partial charge >= 0.3 is 5.97 Å². The van der Waals surface area contributed by atoms with Crippen LogP contribution in [0.2, 0.25) is 0 Å². The van der Waals surface area contributed by atoms with Gasteiger partial charge in [-0.1, -0.05) is 0 Å². The summed E-state index contributed by atoms with van der Waals surface area (Å²) in [5.41, 5.74) is 1.67. The molecule has 1 saturated heterocycles. The molecular weight excluding hydrogens is 350 g/mol. The predicted molar refractivity (Wildman–Crippen MR) is 85.0 cm³/mol. The molecule has 6 heteroatoms. The summed E-state index contributed by atoms with van der Waals surface area (Å²) >= 11 is 3.43. The number of amides is 1. The van der Waals surface area contributed by atoms with E-state index in [0.29, 0.717) is 18.5 Å². The van der Waals surface area contributed by atoms with Crippen molar-refractivity contribution in [3.63, 3.8) is 0 Å². The largest absolute Gasteiger partial charge is 0.480 e. The van der Waals surface area contributed by atoms with E-state index in [4.69, 9.17) is 4.42 Å². The highest BCUT2D eigenvalue weighted by Gasteiger charge is 2.33. The second-order valence-electron chi connectivity index (χ2n) is 5.62. The third kappa shape index (κ3) is 2.63. The number of carboxylic acid groups (broad SMARTS) is 1. The number of furan rings is 1. The second-order valence-corrected chi connectivity index (χ2v) is 6.48. The molecule has 2 heterocycles. The zero-order valence-electron chi connectivity index (χ0n) is 12.1. The Balaban J connectivity index is 1.97. The summed E-state index contributed by atoms with van der Waals surface area (Å²) in [5, 5.41) is 10.1. The summed E-state index contributed by atoms with van der Waals surface area (Å²) in [6.07, 6.45) is 2.13. The van der Waals surface area contributed by atoms with Gasteiger partial charge in [0.1, 0.15) is 11.6 Å². The first kappa shape index (κ1) is 15.1. The first-order valence-corrected chi connectivity index (χ1v) is 8.00. The van der Waals surface area contributed by atoms with Gasteiger partial charge < -0.3 is 14.4 Å². The molecule has 0 saturated carbocycles. The summed E-state index contributed by atoms with van der Waals surface area (Å²) in [6, 6.07) is 4.77. The van der Waals surface area contributed by atoms with Crippen LogP contribution in [0, 0.1) is 6.92 Å². The van der Waals surface area contributed by atoms with Crippen LogP contribution in [-0.4, -0.2) is 34.5 Å². The third-order valence-corrected chi connectivity index (χ3v) is 4.56. The van der Waals surface area contributed by atoms with E-state index < -0.39 is 12.0 Å². The summed E-state index contributed by atoms with van der Waals surface area (Å²) < 4.78 is 6.45. The fourth-order valence-electron chi connectivity index (χ4n) is 2.93. The topological polar surface area (TPSA) is 70.8 Å². The van der Waals surface area contributed by atoms with Gasteiger partial charge in [0.2, 0.25) is 0 Å². The summed E-state index contributed by atoms with van der Waals surface area (Å²) in [7, 11) is 0. The van der Waals surface area contributed by atoms with Crippen molar-refractivity contribution in [3.05, 3.63) is 34.0 Å². The number of piperidine rings is 1. The number of carbonyl (C=O) groups is 2. The lowest BCUT2D eigenvalue weighted by Crippen LogP contribution is -2.47. The zero-order chi connectivity index (χ0) is 15.9. The molecule has 22 heavy (non-hydrogen) atoms. The Bertz CT molecular complexity index is 752. The van der Waals surface area contributed by atoms with Crippen LogP contribution in [0.4, 0.5) is 0 Å². The number of carbonyl (C=O) groups excluding carboxylic acids is 1. The number of hydrogen-bond donors (Lipinski definition) is 1. The Labute approximate surface area is 136 Å². The van der Waals surface area contributed by atoms with Crippen LogP contribution in [-0.2, 0) is 4.79 Å². The molecule has 1 unspecified atom stereocenters. The van der Waals surface area contributed by atoms with Crippen molar-refractivity contribution in [1.29, 1.82) is 0 Å². The Kier molecular flexibility index (Phi) is 3.95. The minimum absolute atomic E-state index is 0.189. The van der Waals surface area contributed by atoms with Crippen molar-refractivity contribution in [2.45, 2.75) is 32.2 Å². The number of carboxylic acids is 1. The summed E-state index contributed by atoms with van der Waals surface area (Å²) in [6.45, 7) is 2.41. The Morgan fingerprint density at radius 1 is 1.32 bits per heavy atom. The third-order valence-electron chi connectivity index (χ3n) is 3.97. The highest BCUT2D eigenvalue weighted by Crippen LogP contribution is 2.30. The maximum Gasteiger partial charge on any atom is 0.326 e. The van der Waals surface area contributed by atoms with Crippen LogP contribution in [0.3, 0.4) is 0 Å². The van der Waals surface area contributed by atoms with Gasteiger partial charge in [0, 0.05) is 11.9 Å². The molecule has 1 aliphatic heterocycles. The Hall–Kier alpha value is -1.82. The van der Waals surface area contributed by atoms with Gasteiger partial charge in [-0.3, -0.25) is 4.79 Å². The standard InChI is InChI=1S/C16H16BrNO4/c1-9-6-10-8-13(22-14(10)11(17)7-9)15(19)18-5-3-2-4-12(18)16(20)21/h6-8,12H,2-5H2,1H3,(H,20,21). The van der Waals surface area contributed by atoms with Crippen LogP contribution in [0.1, 0.15) is 35.4 Å². The maximum atomic E-state index is 12.6. The first-order valence-electron chi connectivity index (χ1n) is 7.21. The van der Waals surface area contributed by atoms with E-state index in [9.17, 15) is 14.7 Å². The number of nitrogens with zero attached hydrogens (tertiary/aromatic N) is 1. The number of aryl methyl sites for hydroxylation is 1. The highest BCUT2D eigenvalue weighted by molar-refractivity contribution is 9.10. The highest BCUT2D eigenvalue weighted by atomic mass is 79.9. The SMILES string of the molecule is Cc1cc(Br)c2oc(C(=O)N3CCCCC3C(=O)O)cc2c1. The number of fused-ring (bicyclic) bond motifs is 1. The van der Waals surface area contributed by atoms with Gasteiger partial charge in [-0.25, -0.2) is 4.79 Å². The molecule has 1 atom stereocenters. The number of likely N-dealkylation sites (tertiary alicyclic amines) is 1. The molecule has 0 spiro atoms. The maximum absolute atomic E-state index is 12.6. The quantitative estimate of drug-likeness (QED) is 0.882. The van der Waals surface area contributed by atoms with E-state index in [2.05, 4.69) is 15.9 Å². The van der Waals surface area contributed by atoms with Crippen LogP contribution < -0.4 is 0 Å². The van der Waals surface area contributed by atoms with Gasteiger partial charge in [0.25, 0.3) is 5.91 Å². The molecule has 2 aromatic rings. The molecule has 1 aliphatic rings. The number of hydrogen-bond acceptors (Lipinski definition) is 3. The molecular formula is C16H16BrNO4. The number of benzene rings is 1. The molecule has 3 rings (SSSR count). The van der Waals surface area contributed by atoms with E-state index in [-0.39, 0.29) is 11.7 Å². The molecule has 1 N–H and O–H groups in total. The fourth-order valence-corrected chi connectivity index (χ4v) is 3.60. The van der Waals surface area contributed by atoms with Gasteiger partial charge in [-0.05, 0) is 65.9 Å². The molecule has 1 fully saturated rings. The van der Waals surface area contributed by atoms with Crippen molar-refractivity contribution in [2.24, 2.45) is 0 Å². The Morgan fingerprint density at radius 2 is 2.09 bits per heavy atom. The molecule has 0 aliphatic carbocycles. The molecule has 1 amide bonds. The minimum Gasteiger partial charge on any atom is -0.480 e. The lowest BCUT2D eigenvalue weighted by molar-refractivity contribution is -0.143. The predicted octanol–water partition coefficient (Wildman–Crippen LogP) is 3.58. The molecule has 1 aromatic heterocycles. The van der Waals surface area contributed by atoms with E-state index in [1.807, 2.05) is 19.1 Å². The van der Waals surface area contributed by atoms with E-state index >= 15 is 0 Å². The molecule has 1 aromatic carbocycles. The monoisotopic (exact) mass is 365 g/mol. The van der Waals surface area contributed by atoms with Crippen molar-refractivity contribution < 1.29 is 19.1 Å². The van der Waals surface area contributed by atoms with Crippen molar-refractivity contribution in [3.8, 4) is 0 Å². The smallest absolute Gasteiger partial charge is 0.326 e. The Morgan fingerprint density at radius 3 is 2.82 bits per heavy atom. The average molecular weight is 366 g/mol. The lowest BCUT2D eigenvalue weighted by atomic mass is 10.0. The van der Waals surface area contributed by atoms with Gasteiger partial charge in [0.15, 0.2) is 5.76 Å². The number of aliphatic carboxylic acids is 1. The first-order chi connectivity index (χ1) is 10.5. The summed E-state index contributed by atoms with van der Waals surface area (Å²) in [5.74, 6) is -1.12. The van der Waals surface area contributed by atoms with Gasteiger partial charge in [-0.15, -0.1) is 0 Å². The zero-order valence-corrected chi connectivity index (χ0v) is 13.7. The molecule has 116 valence electrons. The van der Waals surface area contributed by atoms with Gasteiger partial charge in [0.05, 0.1) is 4.47 Å². The van der Waals surface area contributed by atoms with E-state index in [0.717, 1.165) is 28.3 Å². The van der Waals surface area contributed by atoms with Crippen LogP contribution in [0.5, 0.6) is 0 Å². The number of halogens is 1. The van der Waals surface area contributed by atoms with Crippen LogP contribution in [0.15, 0.2) is 27.1 Å². The van der Waals surface area contributed by atoms with Crippen molar-refractivity contribution in [2.75, 3.05) is 6.54 Å². The average Bonchev–Trinajstić information content (AvgIpc) is 2.90. The van der Waals surface area contributed by atoms with E-state index in [1.165, 1.54) is 4.90 Å². The van der Waals surface area contributed by atoms with Crippen LogP contribution >= 0.6 is 15.9 Å². The van der Waals surface area contributed by atoms with Gasteiger partial charge in [-0.2, -0.15) is 0 Å². The van der Waals surface area contributed by atoms with Crippen molar-refractivity contribution in [1.82, 2.24) is 4.90 Å². The van der Waals surface area contributed by atoms with Crippen LogP contribution in [0.25, 0.3) is 11.0 Å². The second kappa shape index (κ2) is 5.76. The minimum atomic E-state index is -0.957. The fraction of sp³-hybridized carbons (Fsp3) is 0.375. The molecule has 0 radical (unpaired) electrons. The normalized spacial score (nSPS) is 18.6. The molecule has 0 bridgehead atoms. The summed E-state index contributed by atoms with van der Waals surface area (Å²) in [4.78, 5) is 25.4. The lowest BCUT2D eigenvalue weighted by Gasteiger charge is -2.32. The van der Waals surface area contributed by atoms with E-state index in [1.54, 1.807) is 6.07 Å². The number of rotatable bonds is 2. The van der Waals surface area contributed by atoms with Crippen molar-refractivity contribution >= 4 is 38.8 Å².